The van der Waals surface area contributed by atoms with Gasteiger partial charge >= 0.3 is 6.09 Å². The maximum atomic E-state index is 12.1. The number of cyclic esters (lactones) is 1. The molecule has 3 heteroatoms. The topological polar surface area (TPSA) is 29.5 Å². The lowest BCUT2D eigenvalue weighted by Crippen LogP contribution is -2.45. The van der Waals surface area contributed by atoms with Crippen LogP contribution in [-0.2, 0) is 10.3 Å². The van der Waals surface area contributed by atoms with Crippen LogP contribution in [0.4, 0.5) is 4.79 Å². The van der Waals surface area contributed by atoms with E-state index in [1.54, 1.807) is 4.90 Å². The van der Waals surface area contributed by atoms with E-state index < -0.39 is 5.60 Å². The number of ether oxygens (including phenoxy) is 1. The van der Waals surface area contributed by atoms with Crippen molar-refractivity contribution in [3.63, 3.8) is 0 Å². The van der Waals surface area contributed by atoms with E-state index in [-0.39, 0.29) is 12.1 Å². The Morgan fingerprint density at radius 1 is 1.30 bits per heavy atom. The van der Waals surface area contributed by atoms with Crippen molar-refractivity contribution in [1.82, 2.24) is 4.90 Å². The van der Waals surface area contributed by atoms with E-state index >= 15 is 0 Å². The number of carbonyl (C=O) groups is 1. The van der Waals surface area contributed by atoms with E-state index in [2.05, 4.69) is 26.0 Å². The van der Waals surface area contributed by atoms with Gasteiger partial charge in [0.05, 0.1) is 6.04 Å². The Kier molecular flexibility index (Phi) is 4.36. The van der Waals surface area contributed by atoms with Crippen LogP contribution in [0.15, 0.2) is 30.3 Å². The number of hydrogen-bond acceptors (Lipinski definition) is 2. The number of carbonyl (C=O) groups excluding carboxylic acids is 1. The van der Waals surface area contributed by atoms with E-state index in [1.807, 2.05) is 32.2 Å². The minimum atomic E-state index is -0.553. The van der Waals surface area contributed by atoms with Crippen molar-refractivity contribution in [2.75, 3.05) is 7.05 Å². The van der Waals surface area contributed by atoms with Gasteiger partial charge in [0.15, 0.2) is 5.60 Å². The SMILES string of the molecule is CCCC(CC)C1N(C)C(=O)O[C@]1(C)c1ccccc1. The summed E-state index contributed by atoms with van der Waals surface area (Å²) in [5.41, 5.74) is 0.528. The molecule has 1 aliphatic heterocycles. The zero-order chi connectivity index (χ0) is 14.8. The molecule has 0 saturated carbocycles. The van der Waals surface area contributed by atoms with Crippen LogP contribution >= 0.6 is 0 Å². The molecule has 0 radical (unpaired) electrons. The second-order valence-electron chi connectivity index (χ2n) is 5.85. The standard InChI is InChI=1S/C17H25NO2/c1-5-10-13(6-2)15-17(3,20-16(19)18(15)4)14-11-8-7-9-12-14/h7-9,11-13,15H,5-6,10H2,1-4H3/t13?,15?,17-/m1/s1. The molecule has 1 aromatic carbocycles. The molecule has 0 spiro atoms. The highest BCUT2D eigenvalue weighted by molar-refractivity contribution is 5.71. The lowest BCUT2D eigenvalue weighted by Gasteiger charge is -2.36. The molecule has 2 rings (SSSR count). The Labute approximate surface area is 121 Å². The number of likely N-dealkylation sites (N-methyl/N-ethyl adjacent to an activating group) is 1. The molecule has 1 fully saturated rings. The first-order valence-electron chi connectivity index (χ1n) is 7.55. The van der Waals surface area contributed by atoms with Crippen molar-refractivity contribution < 1.29 is 9.53 Å². The molecule has 1 heterocycles. The third-order valence-electron chi connectivity index (χ3n) is 4.55. The van der Waals surface area contributed by atoms with E-state index in [0.717, 1.165) is 24.8 Å². The average molecular weight is 275 g/mol. The summed E-state index contributed by atoms with van der Waals surface area (Å²) >= 11 is 0. The fourth-order valence-electron chi connectivity index (χ4n) is 3.52. The molecular formula is C17H25NO2. The predicted molar refractivity (Wildman–Crippen MR) is 80.5 cm³/mol. The van der Waals surface area contributed by atoms with Gasteiger partial charge in [-0.25, -0.2) is 4.79 Å². The van der Waals surface area contributed by atoms with Gasteiger partial charge in [-0.3, -0.25) is 0 Å². The molecule has 1 amide bonds. The van der Waals surface area contributed by atoms with Gasteiger partial charge in [0.25, 0.3) is 0 Å². The number of rotatable bonds is 5. The Bertz CT molecular complexity index is 459. The van der Waals surface area contributed by atoms with Crippen molar-refractivity contribution in [2.45, 2.75) is 51.7 Å². The molecule has 2 unspecified atom stereocenters. The summed E-state index contributed by atoms with van der Waals surface area (Å²) < 4.78 is 5.78. The summed E-state index contributed by atoms with van der Waals surface area (Å²) in [7, 11) is 1.86. The molecule has 1 aromatic rings. The third-order valence-corrected chi connectivity index (χ3v) is 4.55. The summed E-state index contributed by atoms with van der Waals surface area (Å²) in [6.45, 7) is 6.44. The third kappa shape index (κ3) is 2.41. The van der Waals surface area contributed by atoms with Gasteiger partial charge in [0, 0.05) is 7.05 Å². The zero-order valence-electron chi connectivity index (χ0n) is 12.9. The Morgan fingerprint density at radius 3 is 2.50 bits per heavy atom. The van der Waals surface area contributed by atoms with E-state index in [9.17, 15) is 4.79 Å². The maximum absolute atomic E-state index is 12.1. The molecule has 20 heavy (non-hydrogen) atoms. The lowest BCUT2D eigenvalue weighted by atomic mass is 9.78. The van der Waals surface area contributed by atoms with E-state index in [4.69, 9.17) is 4.74 Å². The number of hydrogen-bond donors (Lipinski definition) is 0. The van der Waals surface area contributed by atoms with Crippen LogP contribution in [0.5, 0.6) is 0 Å². The summed E-state index contributed by atoms with van der Waals surface area (Å²) in [5, 5.41) is 0. The second-order valence-corrected chi connectivity index (χ2v) is 5.85. The minimum Gasteiger partial charge on any atom is -0.436 e. The van der Waals surface area contributed by atoms with Crippen molar-refractivity contribution in [2.24, 2.45) is 5.92 Å². The van der Waals surface area contributed by atoms with Gasteiger partial charge in [-0.2, -0.15) is 0 Å². The van der Waals surface area contributed by atoms with Crippen LogP contribution in [0, 0.1) is 5.92 Å². The highest BCUT2D eigenvalue weighted by Crippen LogP contribution is 2.43. The van der Waals surface area contributed by atoms with Gasteiger partial charge in [0.2, 0.25) is 0 Å². The van der Waals surface area contributed by atoms with Crippen LogP contribution in [0.25, 0.3) is 0 Å². The van der Waals surface area contributed by atoms with Crippen molar-refractivity contribution in [1.29, 1.82) is 0 Å². The highest BCUT2D eigenvalue weighted by Gasteiger charge is 2.52. The normalized spacial score (nSPS) is 27.5. The molecule has 3 atom stereocenters. The van der Waals surface area contributed by atoms with Crippen molar-refractivity contribution in [3.05, 3.63) is 35.9 Å². The van der Waals surface area contributed by atoms with Crippen molar-refractivity contribution >= 4 is 6.09 Å². The van der Waals surface area contributed by atoms with Gasteiger partial charge < -0.3 is 9.64 Å². The number of nitrogens with zero attached hydrogens (tertiary/aromatic N) is 1. The summed E-state index contributed by atoms with van der Waals surface area (Å²) in [6.07, 6.45) is 3.09. The van der Waals surface area contributed by atoms with Crippen LogP contribution in [-0.4, -0.2) is 24.1 Å². The predicted octanol–water partition coefficient (Wildman–Crippen LogP) is 4.18. The van der Waals surface area contributed by atoms with Gasteiger partial charge in [-0.15, -0.1) is 0 Å². The average Bonchev–Trinajstić information content (AvgIpc) is 2.69. The number of benzene rings is 1. The van der Waals surface area contributed by atoms with Gasteiger partial charge in [0.1, 0.15) is 0 Å². The smallest absolute Gasteiger partial charge is 0.410 e. The Morgan fingerprint density at radius 2 is 1.95 bits per heavy atom. The Balaban J connectivity index is 2.41. The molecule has 0 bridgehead atoms. The fraction of sp³-hybridized carbons (Fsp3) is 0.588. The maximum Gasteiger partial charge on any atom is 0.410 e. The zero-order valence-corrected chi connectivity index (χ0v) is 12.9. The van der Waals surface area contributed by atoms with Gasteiger partial charge in [-0.1, -0.05) is 57.0 Å². The van der Waals surface area contributed by atoms with Crippen LogP contribution in [0.3, 0.4) is 0 Å². The monoisotopic (exact) mass is 275 g/mol. The van der Waals surface area contributed by atoms with Crippen LogP contribution in [0.2, 0.25) is 0 Å². The summed E-state index contributed by atoms with van der Waals surface area (Å²) in [5.74, 6) is 0.460. The molecule has 0 N–H and O–H groups in total. The first-order valence-corrected chi connectivity index (χ1v) is 7.55. The lowest BCUT2D eigenvalue weighted by molar-refractivity contribution is 0.0283. The van der Waals surface area contributed by atoms with E-state index in [0.29, 0.717) is 5.92 Å². The summed E-state index contributed by atoms with van der Waals surface area (Å²) in [4.78, 5) is 13.9. The molecule has 0 aromatic heterocycles. The quantitative estimate of drug-likeness (QED) is 0.806. The molecule has 110 valence electrons. The highest BCUT2D eigenvalue weighted by atomic mass is 16.6. The molecule has 3 nitrogen and oxygen atoms in total. The first kappa shape index (κ1) is 14.9. The number of amides is 1. The van der Waals surface area contributed by atoms with Crippen LogP contribution < -0.4 is 0 Å². The summed E-state index contributed by atoms with van der Waals surface area (Å²) in [6, 6.07) is 10.2. The molecule has 0 aliphatic carbocycles. The van der Waals surface area contributed by atoms with Crippen molar-refractivity contribution in [3.8, 4) is 0 Å². The largest absolute Gasteiger partial charge is 0.436 e. The second kappa shape index (κ2) is 5.86. The van der Waals surface area contributed by atoms with Gasteiger partial charge in [-0.05, 0) is 24.8 Å². The molecule has 1 aliphatic rings. The molecular weight excluding hydrogens is 250 g/mol. The minimum absolute atomic E-state index is 0.0994. The van der Waals surface area contributed by atoms with Crippen LogP contribution in [0.1, 0.15) is 45.6 Å². The Hall–Kier alpha value is -1.51. The fourth-order valence-corrected chi connectivity index (χ4v) is 3.52. The van der Waals surface area contributed by atoms with E-state index in [1.165, 1.54) is 0 Å². The first-order chi connectivity index (χ1) is 9.54. The molecule has 1 saturated heterocycles.